The molecule has 0 aliphatic carbocycles. The summed E-state index contributed by atoms with van der Waals surface area (Å²) in [6.45, 7) is 2.91. The third-order valence-corrected chi connectivity index (χ3v) is 4.49. The number of amidine groups is 1. The normalized spacial score (nSPS) is 18.7. The fraction of sp³-hybridized carbons (Fsp3) is 0.333. The summed E-state index contributed by atoms with van der Waals surface area (Å²) < 4.78 is 0. The molecule has 0 spiro atoms. The van der Waals surface area contributed by atoms with Crippen LogP contribution in [0.4, 0.5) is 5.69 Å². The number of hydrogen-bond acceptors (Lipinski definition) is 4. The first-order valence-electron chi connectivity index (χ1n) is 7.96. The lowest BCUT2D eigenvalue weighted by atomic mass is 9.99. The van der Waals surface area contributed by atoms with Gasteiger partial charge in [-0.15, -0.1) is 0 Å². The van der Waals surface area contributed by atoms with Crippen molar-refractivity contribution in [2.24, 2.45) is 4.99 Å². The number of hydrogen-bond donors (Lipinski definition) is 1. The average Bonchev–Trinajstić information content (AvgIpc) is 2.62. The predicted molar refractivity (Wildman–Crippen MR) is 89.3 cm³/mol. The molecule has 4 rings (SSSR count). The first kappa shape index (κ1) is 13.5. The van der Waals surface area contributed by atoms with E-state index in [1.165, 1.54) is 11.3 Å². The number of nitrogens with zero attached hydrogens (tertiary/aromatic N) is 3. The molecule has 2 aliphatic heterocycles. The van der Waals surface area contributed by atoms with Gasteiger partial charge in [-0.3, -0.25) is 9.98 Å². The van der Waals surface area contributed by atoms with Gasteiger partial charge in [-0.2, -0.15) is 0 Å². The minimum atomic E-state index is 0.509. The molecule has 0 saturated carbocycles. The second kappa shape index (κ2) is 5.89. The molecule has 0 amide bonds. The number of aliphatic imine (C=N–C) groups is 1. The summed E-state index contributed by atoms with van der Waals surface area (Å²) in [5.41, 5.74) is 3.79. The van der Waals surface area contributed by atoms with Crippen molar-refractivity contribution in [2.75, 3.05) is 18.0 Å². The van der Waals surface area contributed by atoms with Crippen LogP contribution in [-0.2, 0) is 6.54 Å². The molecule has 112 valence electrons. The zero-order chi connectivity index (χ0) is 14.8. The Hall–Kier alpha value is -2.20. The summed E-state index contributed by atoms with van der Waals surface area (Å²) in [6.07, 6.45) is 5.99. The Labute approximate surface area is 130 Å². The Kier molecular flexibility index (Phi) is 3.60. The largest absolute Gasteiger partial charge is 0.323 e. The number of aromatic nitrogens is 1. The van der Waals surface area contributed by atoms with Gasteiger partial charge in [-0.05, 0) is 49.7 Å². The maximum absolute atomic E-state index is 4.89. The van der Waals surface area contributed by atoms with Gasteiger partial charge in [0.05, 0.1) is 6.54 Å². The quantitative estimate of drug-likeness (QED) is 0.925. The molecular weight excluding hydrogens is 272 g/mol. The first-order valence-corrected chi connectivity index (χ1v) is 7.96. The molecular formula is C18H20N4. The van der Waals surface area contributed by atoms with Gasteiger partial charge in [-0.25, -0.2) is 0 Å². The van der Waals surface area contributed by atoms with Gasteiger partial charge in [0.25, 0.3) is 0 Å². The maximum atomic E-state index is 4.89. The fourth-order valence-electron chi connectivity index (χ4n) is 3.40. The number of para-hydroxylation sites is 1. The Morgan fingerprint density at radius 1 is 1.00 bits per heavy atom. The Morgan fingerprint density at radius 2 is 1.77 bits per heavy atom. The number of fused-ring (bicyclic) bond motifs is 1. The number of pyridine rings is 1. The lowest BCUT2D eigenvalue weighted by Gasteiger charge is -2.40. The Balaban J connectivity index is 1.78. The highest BCUT2D eigenvalue weighted by molar-refractivity contribution is 6.11. The van der Waals surface area contributed by atoms with Gasteiger partial charge in [0.1, 0.15) is 5.84 Å². The monoisotopic (exact) mass is 292 g/mol. The van der Waals surface area contributed by atoms with Crippen molar-refractivity contribution in [1.82, 2.24) is 10.3 Å². The molecule has 2 aliphatic rings. The topological polar surface area (TPSA) is 40.5 Å². The van der Waals surface area contributed by atoms with Gasteiger partial charge in [0.15, 0.2) is 0 Å². The molecule has 0 atom stereocenters. The smallest absolute Gasteiger partial charge is 0.136 e. The third kappa shape index (κ3) is 2.40. The summed E-state index contributed by atoms with van der Waals surface area (Å²) in [6, 6.07) is 13.3. The van der Waals surface area contributed by atoms with Crippen molar-refractivity contribution < 1.29 is 0 Å². The van der Waals surface area contributed by atoms with Crippen molar-refractivity contribution >= 4 is 11.5 Å². The van der Waals surface area contributed by atoms with Crippen molar-refractivity contribution in [2.45, 2.75) is 25.4 Å². The van der Waals surface area contributed by atoms with E-state index in [1.807, 2.05) is 12.4 Å². The Morgan fingerprint density at radius 3 is 2.59 bits per heavy atom. The lowest BCUT2D eigenvalue weighted by Crippen LogP contribution is -2.48. The van der Waals surface area contributed by atoms with Crippen molar-refractivity contribution in [1.29, 1.82) is 0 Å². The minimum absolute atomic E-state index is 0.509. The molecule has 1 fully saturated rings. The number of anilines is 1. The molecule has 1 N–H and O–H groups in total. The van der Waals surface area contributed by atoms with Crippen LogP contribution < -0.4 is 10.2 Å². The zero-order valence-electron chi connectivity index (χ0n) is 12.6. The van der Waals surface area contributed by atoms with Crippen molar-refractivity contribution in [3.63, 3.8) is 0 Å². The standard InChI is InChI=1S/C18H20N4/c1-2-4-17-15(3-1)13-21-18(14-5-9-19-10-6-14)22(17)16-7-11-20-12-8-16/h1-6,9-10,16,20H,7-8,11-13H2. The molecule has 4 heteroatoms. The third-order valence-electron chi connectivity index (χ3n) is 4.49. The van der Waals surface area contributed by atoms with Gasteiger partial charge in [-0.1, -0.05) is 18.2 Å². The summed E-state index contributed by atoms with van der Waals surface area (Å²) in [5.74, 6) is 1.09. The van der Waals surface area contributed by atoms with Gasteiger partial charge >= 0.3 is 0 Å². The van der Waals surface area contributed by atoms with E-state index in [0.717, 1.165) is 43.9 Å². The highest BCUT2D eigenvalue weighted by Crippen LogP contribution is 2.31. The number of nitrogens with one attached hydrogen (secondary N) is 1. The predicted octanol–water partition coefficient (Wildman–Crippen LogP) is 2.60. The van der Waals surface area contributed by atoms with E-state index >= 15 is 0 Å². The van der Waals surface area contributed by atoms with E-state index in [-0.39, 0.29) is 0 Å². The first-order chi connectivity index (χ1) is 10.9. The summed E-state index contributed by atoms with van der Waals surface area (Å²) in [7, 11) is 0. The molecule has 2 aromatic rings. The van der Waals surface area contributed by atoms with E-state index in [9.17, 15) is 0 Å². The second-order valence-corrected chi connectivity index (χ2v) is 5.86. The molecule has 1 saturated heterocycles. The summed E-state index contributed by atoms with van der Waals surface area (Å²) >= 11 is 0. The number of rotatable bonds is 2. The lowest BCUT2D eigenvalue weighted by molar-refractivity contribution is 0.454. The molecule has 1 aromatic carbocycles. The molecule has 1 aromatic heterocycles. The molecule has 4 nitrogen and oxygen atoms in total. The van der Waals surface area contributed by atoms with Gasteiger partial charge in [0.2, 0.25) is 0 Å². The SMILES string of the molecule is c1ccc2c(c1)CN=C(c1ccncc1)N2C1CCNCC1. The summed E-state index contributed by atoms with van der Waals surface area (Å²) in [4.78, 5) is 11.5. The average molecular weight is 292 g/mol. The van der Waals surface area contributed by atoms with Crippen molar-refractivity contribution in [3.8, 4) is 0 Å². The Bertz CT molecular complexity index is 674. The van der Waals surface area contributed by atoms with Crippen LogP contribution in [0.15, 0.2) is 53.8 Å². The van der Waals surface area contributed by atoms with E-state index in [0.29, 0.717) is 6.04 Å². The fourth-order valence-corrected chi connectivity index (χ4v) is 3.40. The molecule has 0 unspecified atom stereocenters. The molecule has 0 bridgehead atoms. The van der Waals surface area contributed by atoms with E-state index in [1.54, 1.807) is 0 Å². The van der Waals surface area contributed by atoms with Crippen LogP contribution in [0.3, 0.4) is 0 Å². The number of piperidine rings is 1. The van der Waals surface area contributed by atoms with Crippen LogP contribution in [0, 0.1) is 0 Å². The van der Waals surface area contributed by atoms with Gasteiger partial charge < -0.3 is 10.2 Å². The van der Waals surface area contributed by atoms with E-state index < -0.39 is 0 Å². The molecule has 3 heterocycles. The van der Waals surface area contributed by atoms with Crippen LogP contribution in [0.2, 0.25) is 0 Å². The number of benzene rings is 1. The molecule has 0 radical (unpaired) electrons. The van der Waals surface area contributed by atoms with Crippen molar-refractivity contribution in [3.05, 3.63) is 59.9 Å². The van der Waals surface area contributed by atoms with Crippen LogP contribution in [-0.4, -0.2) is 30.0 Å². The molecule has 22 heavy (non-hydrogen) atoms. The highest BCUT2D eigenvalue weighted by atomic mass is 15.2. The van der Waals surface area contributed by atoms with E-state index in [4.69, 9.17) is 4.99 Å². The van der Waals surface area contributed by atoms with E-state index in [2.05, 4.69) is 51.6 Å². The second-order valence-electron chi connectivity index (χ2n) is 5.86. The van der Waals surface area contributed by atoms with Gasteiger partial charge in [0, 0.05) is 29.7 Å². The minimum Gasteiger partial charge on any atom is -0.323 e. The van der Waals surface area contributed by atoms with Crippen LogP contribution in [0.1, 0.15) is 24.0 Å². The summed E-state index contributed by atoms with van der Waals surface area (Å²) in [5, 5.41) is 3.46. The van der Waals surface area contributed by atoms with Crippen LogP contribution >= 0.6 is 0 Å². The zero-order valence-corrected chi connectivity index (χ0v) is 12.6. The van der Waals surface area contributed by atoms with Crippen LogP contribution in [0.5, 0.6) is 0 Å². The van der Waals surface area contributed by atoms with Crippen LogP contribution in [0.25, 0.3) is 0 Å². The maximum Gasteiger partial charge on any atom is 0.136 e. The highest BCUT2D eigenvalue weighted by Gasteiger charge is 2.29.